The van der Waals surface area contributed by atoms with Crippen molar-refractivity contribution in [2.45, 2.75) is 18.7 Å². The normalized spacial score (nSPS) is 11.4. The van der Waals surface area contributed by atoms with E-state index in [0.717, 1.165) is 17.4 Å². The summed E-state index contributed by atoms with van der Waals surface area (Å²) in [5, 5.41) is 9.12. The van der Waals surface area contributed by atoms with Crippen molar-refractivity contribution < 1.29 is 22.7 Å². The zero-order valence-corrected chi connectivity index (χ0v) is 12.8. The summed E-state index contributed by atoms with van der Waals surface area (Å²) in [6.45, 7) is 3.10. The van der Waals surface area contributed by atoms with Gasteiger partial charge in [0.2, 0.25) is 0 Å². The van der Waals surface area contributed by atoms with Gasteiger partial charge in [-0.1, -0.05) is 6.07 Å². The van der Waals surface area contributed by atoms with Crippen LogP contribution >= 0.6 is 11.3 Å². The number of aromatic carboxylic acids is 1. The molecular weight excluding hydrogens is 317 g/mol. The number of hydrogen-bond donors (Lipinski definition) is 2. The van der Waals surface area contributed by atoms with Crippen LogP contribution in [-0.2, 0) is 10.0 Å². The maximum Gasteiger partial charge on any atom is 0.346 e. The molecule has 0 radical (unpaired) electrons. The Kier molecular flexibility index (Phi) is 4.02. The summed E-state index contributed by atoms with van der Waals surface area (Å²) in [4.78, 5) is 10.8. The van der Waals surface area contributed by atoms with E-state index in [1.807, 2.05) is 0 Å². The van der Waals surface area contributed by atoms with Crippen molar-refractivity contribution in [2.24, 2.45) is 0 Å². The molecule has 0 atom stereocenters. The quantitative estimate of drug-likeness (QED) is 0.903. The first kappa shape index (κ1) is 15.5. The molecule has 0 aliphatic carbocycles. The molecule has 2 N–H and O–H groups in total. The van der Waals surface area contributed by atoms with E-state index in [1.54, 1.807) is 6.92 Å². The van der Waals surface area contributed by atoms with Gasteiger partial charge in [-0.3, -0.25) is 4.72 Å². The molecule has 0 aliphatic heterocycles. The third-order valence-corrected chi connectivity index (χ3v) is 5.43. The SMILES string of the molecule is Cc1ccc(S(=O)(=O)Nc2cc(C)c(C(=O)O)s2)cc1F. The van der Waals surface area contributed by atoms with Crippen molar-refractivity contribution in [3.63, 3.8) is 0 Å². The number of carboxylic acids is 1. The first-order chi connectivity index (χ1) is 9.70. The lowest BCUT2D eigenvalue weighted by atomic mass is 10.2. The fraction of sp³-hybridized carbons (Fsp3) is 0.154. The molecule has 21 heavy (non-hydrogen) atoms. The molecule has 0 amide bonds. The molecule has 1 heterocycles. The highest BCUT2D eigenvalue weighted by Crippen LogP contribution is 2.28. The van der Waals surface area contributed by atoms with Crippen LogP contribution < -0.4 is 4.72 Å². The number of anilines is 1. The zero-order chi connectivity index (χ0) is 15.8. The summed E-state index contributed by atoms with van der Waals surface area (Å²) >= 11 is 0.813. The van der Waals surface area contributed by atoms with E-state index < -0.39 is 21.8 Å². The second kappa shape index (κ2) is 5.45. The number of aryl methyl sites for hydroxylation is 2. The van der Waals surface area contributed by atoms with Crippen molar-refractivity contribution in [2.75, 3.05) is 4.72 Å². The molecular formula is C13H12FNO4S2. The van der Waals surface area contributed by atoms with Gasteiger partial charge in [0.25, 0.3) is 10.0 Å². The van der Waals surface area contributed by atoms with Crippen LogP contribution in [0.3, 0.4) is 0 Å². The van der Waals surface area contributed by atoms with Crippen molar-refractivity contribution in [3.8, 4) is 0 Å². The molecule has 2 rings (SSSR count). The summed E-state index contributed by atoms with van der Waals surface area (Å²) in [7, 11) is -3.95. The van der Waals surface area contributed by atoms with Gasteiger partial charge in [-0.05, 0) is 43.2 Å². The van der Waals surface area contributed by atoms with Gasteiger partial charge in [0.05, 0.1) is 4.90 Å². The number of thiophene rings is 1. The van der Waals surface area contributed by atoms with Gasteiger partial charge in [0.1, 0.15) is 15.7 Å². The van der Waals surface area contributed by atoms with E-state index in [1.165, 1.54) is 25.1 Å². The Hall–Kier alpha value is -1.93. The van der Waals surface area contributed by atoms with Crippen molar-refractivity contribution in [3.05, 3.63) is 46.1 Å². The van der Waals surface area contributed by atoms with E-state index in [9.17, 15) is 17.6 Å². The standard InChI is InChI=1S/C13H12FNO4S2/c1-7-3-4-9(6-10(7)14)21(18,19)15-11-5-8(2)12(20-11)13(16)17/h3-6,15H,1-2H3,(H,16,17). The molecule has 0 saturated heterocycles. The summed E-state index contributed by atoms with van der Waals surface area (Å²) in [5.74, 6) is -1.74. The molecule has 0 saturated carbocycles. The second-order valence-corrected chi connectivity index (χ2v) is 7.18. The Balaban J connectivity index is 2.35. The van der Waals surface area contributed by atoms with Crippen molar-refractivity contribution in [1.29, 1.82) is 0 Å². The molecule has 2 aromatic rings. The molecule has 0 spiro atoms. The minimum Gasteiger partial charge on any atom is -0.477 e. The van der Waals surface area contributed by atoms with E-state index in [0.29, 0.717) is 11.1 Å². The van der Waals surface area contributed by atoms with E-state index in [4.69, 9.17) is 5.11 Å². The highest BCUT2D eigenvalue weighted by Gasteiger charge is 2.19. The Morgan fingerprint density at radius 2 is 1.90 bits per heavy atom. The summed E-state index contributed by atoms with van der Waals surface area (Å²) in [6.07, 6.45) is 0. The lowest BCUT2D eigenvalue weighted by molar-refractivity contribution is 0.0701. The third kappa shape index (κ3) is 3.22. The van der Waals surface area contributed by atoms with Gasteiger partial charge < -0.3 is 5.11 Å². The largest absolute Gasteiger partial charge is 0.477 e. The van der Waals surface area contributed by atoms with Gasteiger partial charge in [0, 0.05) is 0 Å². The number of rotatable bonds is 4. The average molecular weight is 329 g/mol. The number of hydrogen-bond acceptors (Lipinski definition) is 4. The van der Waals surface area contributed by atoms with Gasteiger partial charge in [-0.2, -0.15) is 0 Å². The van der Waals surface area contributed by atoms with E-state index >= 15 is 0 Å². The van der Waals surface area contributed by atoms with Crippen LogP contribution in [0.2, 0.25) is 0 Å². The molecule has 0 aliphatic rings. The molecule has 0 fully saturated rings. The second-order valence-electron chi connectivity index (χ2n) is 4.44. The van der Waals surface area contributed by atoms with Crippen molar-refractivity contribution in [1.82, 2.24) is 0 Å². The van der Waals surface area contributed by atoms with Crippen LogP contribution in [0.25, 0.3) is 0 Å². The Bertz CT molecular complexity index is 812. The molecule has 112 valence electrons. The number of sulfonamides is 1. The molecule has 1 aromatic heterocycles. The molecule has 0 unspecified atom stereocenters. The summed E-state index contributed by atoms with van der Waals surface area (Å²) in [5.41, 5.74) is 0.800. The Morgan fingerprint density at radius 1 is 1.24 bits per heavy atom. The summed E-state index contributed by atoms with van der Waals surface area (Å²) < 4.78 is 40.0. The summed E-state index contributed by atoms with van der Waals surface area (Å²) in [6, 6.07) is 5.01. The predicted octanol–water partition coefficient (Wildman–Crippen LogP) is 3.00. The van der Waals surface area contributed by atoms with Crippen LogP contribution in [0.15, 0.2) is 29.2 Å². The number of carboxylic acid groups (broad SMARTS) is 1. The molecule has 8 heteroatoms. The zero-order valence-electron chi connectivity index (χ0n) is 11.2. The molecule has 0 bridgehead atoms. The maximum absolute atomic E-state index is 13.5. The highest BCUT2D eigenvalue weighted by atomic mass is 32.2. The minimum absolute atomic E-state index is 0.0581. The fourth-order valence-corrected chi connectivity index (χ4v) is 3.88. The van der Waals surface area contributed by atoms with Crippen LogP contribution in [0, 0.1) is 19.7 Å². The Morgan fingerprint density at radius 3 is 2.43 bits per heavy atom. The van der Waals surface area contributed by atoms with Crippen LogP contribution in [0.5, 0.6) is 0 Å². The maximum atomic E-state index is 13.5. The van der Waals surface area contributed by atoms with Crippen LogP contribution in [-0.4, -0.2) is 19.5 Å². The van der Waals surface area contributed by atoms with E-state index in [2.05, 4.69) is 4.72 Å². The van der Waals surface area contributed by atoms with E-state index in [-0.39, 0.29) is 14.8 Å². The Labute approximate surface area is 125 Å². The van der Waals surface area contributed by atoms with Crippen LogP contribution in [0.1, 0.15) is 20.8 Å². The number of carbonyl (C=O) groups is 1. The highest BCUT2D eigenvalue weighted by molar-refractivity contribution is 7.93. The monoisotopic (exact) mass is 329 g/mol. The van der Waals surface area contributed by atoms with Gasteiger partial charge in [0.15, 0.2) is 0 Å². The number of nitrogens with one attached hydrogen (secondary N) is 1. The third-order valence-electron chi connectivity index (χ3n) is 2.80. The topological polar surface area (TPSA) is 83.5 Å². The van der Waals surface area contributed by atoms with Gasteiger partial charge in [-0.25, -0.2) is 17.6 Å². The molecule has 5 nitrogen and oxygen atoms in total. The first-order valence-corrected chi connectivity index (χ1v) is 8.13. The average Bonchev–Trinajstić information content (AvgIpc) is 2.72. The van der Waals surface area contributed by atoms with Crippen LogP contribution in [0.4, 0.5) is 9.39 Å². The minimum atomic E-state index is -3.95. The van der Waals surface area contributed by atoms with Gasteiger partial charge in [-0.15, -0.1) is 11.3 Å². The van der Waals surface area contributed by atoms with Crippen molar-refractivity contribution >= 4 is 32.3 Å². The number of halogens is 1. The smallest absolute Gasteiger partial charge is 0.346 e. The molecule has 1 aromatic carbocycles. The first-order valence-electron chi connectivity index (χ1n) is 5.83. The number of benzene rings is 1. The lowest BCUT2D eigenvalue weighted by Crippen LogP contribution is -2.12. The fourth-order valence-electron chi connectivity index (χ4n) is 1.68. The predicted molar refractivity (Wildman–Crippen MR) is 78.0 cm³/mol. The van der Waals surface area contributed by atoms with Gasteiger partial charge >= 0.3 is 5.97 Å². The lowest BCUT2D eigenvalue weighted by Gasteiger charge is -2.06.